The molecule has 1 aromatic rings. The molecule has 1 amide bonds. The van der Waals surface area contributed by atoms with Gasteiger partial charge in [0.15, 0.2) is 0 Å². The molecule has 5 heteroatoms. The Morgan fingerprint density at radius 1 is 1.60 bits per heavy atom. The minimum atomic E-state index is -1.12. The normalized spacial score (nSPS) is 12.3. The molecule has 0 bridgehead atoms. The summed E-state index contributed by atoms with van der Waals surface area (Å²) in [5.74, 6) is -1.15. The molecule has 0 radical (unpaired) electrons. The van der Waals surface area contributed by atoms with E-state index >= 15 is 0 Å². The Morgan fingerprint density at radius 2 is 2.27 bits per heavy atom. The molecule has 15 heavy (non-hydrogen) atoms. The fourth-order valence-electron chi connectivity index (χ4n) is 1.16. The summed E-state index contributed by atoms with van der Waals surface area (Å²) >= 11 is 0. The van der Waals surface area contributed by atoms with Crippen molar-refractivity contribution in [1.29, 1.82) is 0 Å². The van der Waals surface area contributed by atoms with Gasteiger partial charge in [0.2, 0.25) is 5.91 Å². The number of aryl methyl sites for hydroxylation is 1. The topological polar surface area (TPSA) is 69.6 Å². The number of carbonyl (C=O) groups excluding carboxylic acids is 1. The van der Waals surface area contributed by atoms with Crippen molar-refractivity contribution < 1.29 is 19.5 Å². The lowest BCUT2D eigenvalue weighted by Crippen LogP contribution is -2.21. The lowest BCUT2D eigenvalue weighted by molar-refractivity contribution is -0.131. The van der Waals surface area contributed by atoms with E-state index in [0.717, 1.165) is 0 Å². The Labute approximate surface area is 86.3 Å². The van der Waals surface area contributed by atoms with Gasteiger partial charge in [-0.1, -0.05) is 12.1 Å². The predicted molar refractivity (Wildman–Crippen MR) is 50.6 cm³/mol. The monoisotopic (exact) mass is 213 g/mol. The molecule has 1 unspecified atom stereocenters. The highest BCUT2D eigenvalue weighted by molar-refractivity contribution is 5.75. The van der Waals surface area contributed by atoms with E-state index < -0.39 is 17.8 Å². The molecular formula is C10H12FNO3. The molecule has 0 aliphatic heterocycles. The van der Waals surface area contributed by atoms with Crippen LogP contribution in [0.1, 0.15) is 23.7 Å². The number of benzene rings is 1. The van der Waals surface area contributed by atoms with Gasteiger partial charge in [0.05, 0.1) is 12.5 Å². The highest BCUT2D eigenvalue weighted by Gasteiger charge is 2.13. The molecule has 1 atom stereocenters. The maximum Gasteiger partial charge on any atom is 0.246 e. The van der Waals surface area contributed by atoms with E-state index in [1.54, 1.807) is 6.92 Å². The second-order valence-electron chi connectivity index (χ2n) is 3.26. The zero-order chi connectivity index (χ0) is 11.4. The van der Waals surface area contributed by atoms with Crippen LogP contribution in [0.15, 0.2) is 18.2 Å². The number of hydrogen-bond donors (Lipinski definition) is 3. The molecule has 0 saturated heterocycles. The smallest absolute Gasteiger partial charge is 0.246 e. The van der Waals surface area contributed by atoms with Gasteiger partial charge >= 0.3 is 0 Å². The van der Waals surface area contributed by atoms with Crippen LogP contribution >= 0.6 is 0 Å². The Bertz CT molecular complexity index is 368. The van der Waals surface area contributed by atoms with Crippen LogP contribution in [0.5, 0.6) is 0 Å². The van der Waals surface area contributed by atoms with Crippen molar-refractivity contribution in [3.05, 3.63) is 35.1 Å². The highest BCUT2D eigenvalue weighted by Crippen LogP contribution is 2.19. The molecule has 0 aliphatic carbocycles. The summed E-state index contributed by atoms with van der Waals surface area (Å²) in [4.78, 5) is 10.7. The third-order valence-electron chi connectivity index (χ3n) is 2.08. The standard InChI is InChI=1S/C10H12FNO3/c1-6-2-3-7(4-8(6)11)9(13)5-10(14)12-15/h2-4,9,13,15H,5H2,1H3,(H,12,14). The first-order valence-corrected chi connectivity index (χ1v) is 4.41. The van der Waals surface area contributed by atoms with Crippen LogP contribution < -0.4 is 5.48 Å². The van der Waals surface area contributed by atoms with Crippen LogP contribution in [-0.4, -0.2) is 16.2 Å². The average molecular weight is 213 g/mol. The Morgan fingerprint density at radius 3 is 2.80 bits per heavy atom. The minimum Gasteiger partial charge on any atom is -0.388 e. The second-order valence-corrected chi connectivity index (χ2v) is 3.26. The molecule has 0 aromatic heterocycles. The van der Waals surface area contributed by atoms with Gasteiger partial charge in [-0.15, -0.1) is 0 Å². The molecule has 4 nitrogen and oxygen atoms in total. The van der Waals surface area contributed by atoms with E-state index in [1.165, 1.54) is 23.7 Å². The molecule has 0 aliphatic rings. The van der Waals surface area contributed by atoms with E-state index in [4.69, 9.17) is 5.21 Å². The lowest BCUT2D eigenvalue weighted by atomic mass is 10.0. The van der Waals surface area contributed by atoms with Gasteiger partial charge in [0.1, 0.15) is 5.82 Å². The summed E-state index contributed by atoms with van der Waals surface area (Å²) in [6.07, 6.45) is -1.42. The van der Waals surface area contributed by atoms with Gasteiger partial charge in [-0.25, -0.2) is 9.87 Å². The Hall–Kier alpha value is -1.46. The maximum absolute atomic E-state index is 13.1. The van der Waals surface area contributed by atoms with Crippen LogP contribution in [0.25, 0.3) is 0 Å². The van der Waals surface area contributed by atoms with E-state index in [-0.39, 0.29) is 6.42 Å². The van der Waals surface area contributed by atoms with Crippen LogP contribution in [0.4, 0.5) is 4.39 Å². The highest BCUT2D eigenvalue weighted by atomic mass is 19.1. The van der Waals surface area contributed by atoms with Crippen LogP contribution in [-0.2, 0) is 4.79 Å². The molecule has 82 valence electrons. The van der Waals surface area contributed by atoms with Crippen molar-refractivity contribution in [2.75, 3.05) is 0 Å². The summed E-state index contributed by atoms with van der Waals surface area (Å²) in [6, 6.07) is 4.23. The van der Waals surface area contributed by atoms with E-state index in [0.29, 0.717) is 11.1 Å². The predicted octanol–water partition coefficient (Wildman–Crippen LogP) is 1.06. The molecule has 0 saturated carbocycles. The molecule has 3 N–H and O–H groups in total. The lowest BCUT2D eigenvalue weighted by Gasteiger charge is -2.10. The number of amides is 1. The van der Waals surface area contributed by atoms with Gasteiger partial charge in [-0.2, -0.15) is 0 Å². The Kier molecular flexibility index (Phi) is 3.76. The molecular weight excluding hydrogens is 201 g/mol. The van der Waals surface area contributed by atoms with Gasteiger partial charge in [0, 0.05) is 0 Å². The number of hydroxylamine groups is 1. The number of halogens is 1. The fraction of sp³-hybridized carbons (Fsp3) is 0.300. The summed E-state index contributed by atoms with van der Waals surface area (Å²) in [7, 11) is 0. The van der Waals surface area contributed by atoms with Crippen LogP contribution in [0.2, 0.25) is 0 Å². The summed E-state index contributed by atoms with van der Waals surface area (Å²) in [5, 5.41) is 17.7. The second kappa shape index (κ2) is 4.86. The molecule has 0 fully saturated rings. The zero-order valence-electron chi connectivity index (χ0n) is 8.20. The number of carbonyl (C=O) groups is 1. The fourth-order valence-corrected chi connectivity index (χ4v) is 1.16. The van der Waals surface area contributed by atoms with Crippen molar-refractivity contribution in [3.8, 4) is 0 Å². The van der Waals surface area contributed by atoms with Crippen molar-refractivity contribution in [3.63, 3.8) is 0 Å². The zero-order valence-corrected chi connectivity index (χ0v) is 8.20. The number of aliphatic hydroxyl groups excluding tert-OH is 1. The van der Waals surface area contributed by atoms with E-state index in [1.807, 2.05) is 0 Å². The maximum atomic E-state index is 13.1. The first-order valence-electron chi connectivity index (χ1n) is 4.41. The Balaban J connectivity index is 2.78. The molecule has 0 heterocycles. The third kappa shape index (κ3) is 3.00. The molecule has 1 rings (SSSR count). The van der Waals surface area contributed by atoms with E-state index in [2.05, 4.69) is 0 Å². The van der Waals surface area contributed by atoms with Gasteiger partial charge in [0.25, 0.3) is 0 Å². The number of nitrogens with one attached hydrogen (secondary N) is 1. The third-order valence-corrected chi connectivity index (χ3v) is 2.08. The van der Waals surface area contributed by atoms with Crippen molar-refractivity contribution in [1.82, 2.24) is 5.48 Å². The van der Waals surface area contributed by atoms with Crippen molar-refractivity contribution in [2.24, 2.45) is 0 Å². The minimum absolute atomic E-state index is 0.307. The van der Waals surface area contributed by atoms with Gasteiger partial charge in [-0.3, -0.25) is 10.0 Å². The molecule has 0 spiro atoms. The first kappa shape index (κ1) is 11.6. The average Bonchev–Trinajstić information content (AvgIpc) is 2.21. The van der Waals surface area contributed by atoms with Gasteiger partial charge in [-0.05, 0) is 24.1 Å². The summed E-state index contributed by atoms with van der Waals surface area (Å²) in [6.45, 7) is 1.60. The quantitative estimate of drug-likeness (QED) is 0.519. The first-order chi connectivity index (χ1) is 7.04. The summed E-state index contributed by atoms with van der Waals surface area (Å²) < 4.78 is 13.1. The van der Waals surface area contributed by atoms with Gasteiger partial charge < -0.3 is 5.11 Å². The SMILES string of the molecule is Cc1ccc(C(O)CC(=O)NO)cc1F. The van der Waals surface area contributed by atoms with Crippen molar-refractivity contribution in [2.45, 2.75) is 19.4 Å². The van der Waals surface area contributed by atoms with Crippen LogP contribution in [0.3, 0.4) is 0 Å². The van der Waals surface area contributed by atoms with Crippen LogP contribution in [0, 0.1) is 12.7 Å². The van der Waals surface area contributed by atoms with Crippen molar-refractivity contribution >= 4 is 5.91 Å². The van der Waals surface area contributed by atoms with E-state index in [9.17, 15) is 14.3 Å². The number of aliphatic hydroxyl groups is 1. The number of rotatable bonds is 3. The number of hydrogen-bond acceptors (Lipinski definition) is 3. The largest absolute Gasteiger partial charge is 0.388 e. The summed E-state index contributed by atoms with van der Waals surface area (Å²) in [5.41, 5.74) is 2.18. The molecule has 1 aromatic carbocycles.